The number of hydrogen-bond acceptors (Lipinski definition) is 4. The van der Waals surface area contributed by atoms with Crippen LogP contribution < -0.4 is 5.73 Å². The number of nitrogen functional groups attached to an aromatic ring is 1. The lowest BCUT2D eigenvalue weighted by molar-refractivity contribution is -0.384. The zero-order valence-electron chi connectivity index (χ0n) is 9.98. The number of aromatic hydroxyl groups is 1. The van der Waals surface area contributed by atoms with E-state index in [0.717, 1.165) is 11.1 Å². The molecule has 5 nitrogen and oxygen atoms in total. The van der Waals surface area contributed by atoms with Gasteiger partial charge >= 0.3 is 0 Å². The van der Waals surface area contributed by atoms with Crippen molar-refractivity contribution in [3.63, 3.8) is 0 Å². The van der Waals surface area contributed by atoms with Crippen LogP contribution in [0.2, 0.25) is 0 Å². The van der Waals surface area contributed by atoms with Crippen molar-refractivity contribution in [1.82, 2.24) is 0 Å². The summed E-state index contributed by atoms with van der Waals surface area (Å²) in [5, 5.41) is 19.8. The van der Waals surface area contributed by atoms with Gasteiger partial charge in [-0.25, -0.2) is 0 Å². The molecule has 2 aromatic carbocycles. The minimum atomic E-state index is -0.439. The molecule has 0 bridgehead atoms. The van der Waals surface area contributed by atoms with Crippen molar-refractivity contribution in [3.8, 4) is 5.75 Å². The summed E-state index contributed by atoms with van der Waals surface area (Å²) < 4.78 is 0. The third kappa shape index (κ3) is 3.10. The number of hydrogen-bond donors (Lipinski definition) is 2. The Hall–Kier alpha value is -2.82. The molecule has 0 heterocycles. The normalized spacial score (nSPS) is 10.7. The fourth-order valence-corrected chi connectivity index (χ4v) is 1.61. The maximum atomic E-state index is 10.5. The first-order valence-electron chi connectivity index (χ1n) is 5.57. The van der Waals surface area contributed by atoms with E-state index in [9.17, 15) is 15.2 Å². The van der Waals surface area contributed by atoms with E-state index in [1.807, 2.05) is 0 Å². The minimum absolute atomic E-state index is 0.0568. The first kappa shape index (κ1) is 12.6. The number of nitro benzene ring substituents is 1. The Labute approximate surface area is 109 Å². The zero-order chi connectivity index (χ0) is 13.8. The second-order valence-corrected chi connectivity index (χ2v) is 4.00. The fourth-order valence-electron chi connectivity index (χ4n) is 1.61. The average molecular weight is 256 g/mol. The number of rotatable bonds is 3. The molecule has 5 heteroatoms. The summed E-state index contributed by atoms with van der Waals surface area (Å²) in [6.45, 7) is 0. The van der Waals surface area contributed by atoms with Crippen molar-refractivity contribution >= 4 is 23.5 Å². The van der Waals surface area contributed by atoms with Gasteiger partial charge < -0.3 is 10.8 Å². The lowest BCUT2D eigenvalue weighted by Crippen LogP contribution is -1.88. The SMILES string of the molecule is Nc1cc(O)ccc1C=Cc1ccc([N+](=O)[O-])cc1. The molecule has 0 radical (unpaired) electrons. The molecule has 2 rings (SSSR count). The molecule has 0 aliphatic heterocycles. The Kier molecular flexibility index (Phi) is 3.47. The molecule has 3 N–H and O–H groups in total. The van der Waals surface area contributed by atoms with Gasteiger partial charge in [-0.05, 0) is 35.4 Å². The van der Waals surface area contributed by atoms with E-state index in [2.05, 4.69) is 0 Å². The first-order valence-corrected chi connectivity index (χ1v) is 5.57. The Balaban J connectivity index is 2.20. The number of nitro groups is 1. The summed E-state index contributed by atoms with van der Waals surface area (Å²) in [5.74, 6) is 0.116. The summed E-state index contributed by atoms with van der Waals surface area (Å²) >= 11 is 0. The Morgan fingerprint density at radius 3 is 2.37 bits per heavy atom. The number of phenols is 1. The molecule has 0 fully saturated rings. The molecule has 0 aliphatic carbocycles. The number of benzene rings is 2. The van der Waals surface area contributed by atoms with Crippen LogP contribution in [-0.2, 0) is 0 Å². The van der Waals surface area contributed by atoms with E-state index in [4.69, 9.17) is 5.73 Å². The molecular formula is C14H12N2O3. The maximum Gasteiger partial charge on any atom is 0.269 e. The van der Waals surface area contributed by atoms with Gasteiger partial charge in [-0.3, -0.25) is 10.1 Å². The van der Waals surface area contributed by atoms with Crippen LogP contribution in [0, 0.1) is 10.1 Å². The molecule has 0 saturated heterocycles. The number of nitrogens with two attached hydrogens (primary N) is 1. The van der Waals surface area contributed by atoms with E-state index >= 15 is 0 Å². The highest BCUT2D eigenvalue weighted by Crippen LogP contribution is 2.21. The van der Waals surface area contributed by atoms with Gasteiger partial charge in [0.25, 0.3) is 5.69 Å². The second kappa shape index (κ2) is 5.22. The van der Waals surface area contributed by atoms with Gasteiger partial charge in [0.1, 0.15) is 5.75 Å². The summed E-state index contributed by atoms with van der Waals surface area (Å²) in [4.78, 5) is 10.1. The van der Waals surface area contributed by atoms with Crippen LogP contribution in [0.5, 0.6) is 5.75 Å². The summed E-state index contributed by atoms with van der Waals surface area (Å²) in [6.07, 6.45) is 3.59. The quantitative estimate of drug-likeness (QED) is 0.382. The van der Waals surface area contributed by atoms with E-state index in [0.29, 0.717) is 5.69 Å². The predicted octanol–water partition coefficient (Wildman–Crippen LogP) is 3.05. The Morgan fingerprint density at radius 2 is 1.79 bits per heavy atom. The van der Waals surface area contributed by atoms with E-state index in [1.165, 1.54) is 18.2 Å². The number of phenolic OH excluding ortho intramolecular Hbond substituents is 1. The van der Waals surface area contributed by atoms with Crippen LogP contribution in [0.4, 0.5) is 11.4 Å². The lowest BCUT2D eigenvalue weighted by Gasteiger charge is -2.00. The third-order valence-electron chi connectivity index (χ3n) is 2.63. The van der Waals surface area contributed by atoms with Gasteiger partial charge in [0.15, 0.2) is 0 Å². The van der Waals surface area contributed by atoms with Crippen molar-refractivity contribution < 1.29 is 10.0 Å². The van der Waals surface area contributed by atoms with Gasteiger partial charge in [-0.15, -0.1) is 0 Å². The van der Waals surface area contributed by atoms with Crippen molar-refractivity contribution in [2.45, 2.75) is 0 Å². The average Bonchev–Trinajstić information content (AvgIpc) is 2.38. The Bertz CT molecular complexity index is 634. The first-order chi connectivity index (χ1) is 9.06. The van der Waals surface area contributed by atoms with E-state index in [-0.39, 0.29) is 11.4 Å². The fraction of sp³-hybridized carbons (Fsp3) is 0. The number of nitrogens with zero attached hydrogens (tertiary/aromatic N) is 1. The molecule has 0 atom stereocenters. The summed E-state index contributed by atoms with van der Waals surface area (Å²) in [6, 6.07) is 10.9. The highest BCUT2D eigenvalue weighted by Gasteiger charge is 2.02. The maximum absolute atomic E-state index is 10.5. The van der Waals surface area contributed by atoms with Crippen molar-refractivity contribution in [2.75, 3.05) is 5.73 Å². The molecule has 0 spiro atoms. The van der Waals surface area contributed by atoms with Crippen molar-refractivity contribution in [1.29, 1.82) is 0 Å². The second-order valence-electron chi connectivity index (χ2n) is 4.00. The largest absolute Gasteiger partial charge is 0.508 e. The lowest BCUT2D eigenvalue weighted by atomic mass is 10.1. The molecule has 96 valence electrons. The van der Waals surface area contributed by atoms with E-state index in [1.54, 1.807) is 36.4 Å². The highest BCUT2D eigenvalue weighted by atomic mass is 16.6. The number of non-ortho nitro benzene ring substituents is 1. The van der Waals surface area contributed by atoms with Crippen molar-refractivity contribution in [3.05, 3.63) is 63.7 Å². The number of anilines is 1. The minimum Gasteiger partial charge on any atom is -0.508 e. The summed E-state index contributed by atoms with van der Waals surface area (Å²) in [7, 11) is 0. The monoisotopic (exact) mass is 256 g/mol. The van der Waals surface area contributed by atoms with Gasteiger partial charge in [-0.1, -0.05) is 12.2 Å². The Morgan fingerprint density at radius 1 is 1.11 bits per heavy atom. The highest BCUT2D eigenvalue weighted by molar-refractivity contribution is 5.76. The van der Waals surface area contributed by atoms with Crippen LogP contribution in [0.3, 0.4) is 0 Å². The van der Waals surface area contributed by atoms with Gasteiger partial charge in [0.05, 0.1) is 4.92 Å². The van der Waals surface area contributed by atoms with Crippen LogP contribution in [0.1, 0.15) is 11.1 Å². The third-order valence-corrected chi connectivity index (χ3v) is 2.63. The molecule has 0 aliphatic rings. The predicted molar refractivity (Wildman–Crippen MR) is 74.5 cm³/mol. The van der Waals surface area contributed by atoms with Crippen molar-refractivity contribution in [2.24, 2.45) is 0 Å². The van der Waals surface area contributed by atoms with Gasteiger partial charge in [-0.2, -0.15) is 0 Å². The van der Waals surface area contributed by atoms with Crippen LogP contribution in [0.25, 0.3) is 12.2 Å². The van der Waals surface area contributed by atoms with Crippen LogP contribution in [0.15, 0.2) is 42.5 Å². The smallest absolute Gasteiger partial charge is 0.269 e. The van der Waals surface area contributed by atoms with Crippen LogP contribution >= 0.6 is 0 Å². The van der Waals surface area contributed by atoms with Crippen LogP contribution in [-0.4, -0.2) is 10.0 Å². The summed E-state index contributed by atoms with van der Waals surface area (Å²) in [5.41, 5.74) is 7.88. The molecular weight excluding hydrogens is 244 g/mol. The topological polar surface area (TPSA) is 89.4 Å². The van der Waals surface area contributed by atoms with Gasteiger partial charge in [0.2, 0.25) is 0 Å². The molecule has 0 amide bonds. The molecule has 0 unspecified atom stereocenters. The zero-order valence-corrected chi connectivity index (χ0v) is 9.98. The van der Waals surface area contributed by atoms with E-state index < -0.39 is 4.92 Å². The molecule has 2 aromatic rings. The van der Waals surface area contributed by atoms with Gasteiger partial charge in [0, 0.05) is 23.9 Å². The standard InChI is InChI=1S/C14H12N2O3/c15-14-9-13(17)8-5-11(14)4-1-10-2-6-12(7-3-10)16(18)19/h1-9,17H,15H2. The molecule has 0 aromatic heterocycles. The molecule has 0 saturated carbocycles. The molecule has 19 heavy (non-hydrogen) atoms.